The lowest BCUT2D eigenvalue weighted by atomic mass is 9.63. The van der Waals surface area contributed by atoms with E-state index in [1.165, 1.54) is 19.0 Å². The van der Waals surface area contributed by atoms with Gasteiger partial charge in [-0.25, -0.2) is 4.79 Å². The number of likely N-dealkylation sites (N-methyl/N-ethyl adjacent to an activating group) is 1. The first-order valence-electron chi connectivity index (χ1n) is 10.1. The van der Waals surface area contributed by atoms with Crippen LogP contribution in [0.15, 0.2) is 54.6 Å². The molecule has 32 heavy (non-hydrogen) atoms. The summed E-state index contributed by atoms with van der Waals surface area (Å²) in [5, 5.41) is 3.13. The summed E-state index contributed by atoms with van der Waals surface area (Å²) in [5.74, 6) is -2.81. The van der Waals surface area contributed by atoms with Crippen LogP contribution in [0.5, 0.6) is 0 Å². The Kier molecular flexibility index (Phi) is 4.10. The van der Waals surface area contributed by atoms with Crippen LogP contribution >= 0.6 is 12.2 Å². The Hall–Kier alpha value is -3.59. The van der Waals surface area contributed by atoms with Crippen LogP contribution in [-0.4, -0.2) is 59.7 Å². The molecular formula is C23H20N4O4S. The summed E-state index contributed by atoms with van der Waals surface area (Å²) in [6.45, 7) is 0. The van der Waals surface area contributed by atoms with E-state index in [2.05, 4.69) is 5.32 Å². The van der Waals surface area contributed by atoms with E-state index in [0.717, 1.165) is 9.80 Å². The first kappa shape index (κ1) is 20.3. The highest BCUT2D eigenvalue weighted by Crippen LogP contribution is 2.60. The molecule has 2 fully saturated rings. The van der Waals surface area contributed by atoms with E-state index in [1.54, 1.807) is 43.4 Å². The van der Waals surface area contributed by atoms with Crippen LogP contribution in [0, 0.1) is 5.41 Å². The van der Waals surface area contributed by atoms with E-state index in [0.29, 0.717) is 16.8 Å². The average Bonchev–Trinajstić information content (AvgIpc) is 3.21. The maximum Gasteiger partial charge on any atom is 0.332 e. The van der Waals surface area contributed by atoms with Gasteiger partial charge in [0.25, 0.3) is 17.7 Å². The van der Waals surface area contributed by atoms with Crippen molar-refractivity contribution in [2.45, 2.75) is 11.5 Å². The van der Waals surface area contributed by atoms with Crippen LogP contribution in [0.3, 0.4) is 0 Å². The zero-order valence-electron chi connectivity index (χ0n) is 17.7. The average molecular weight is 449 g/mol. The van der Waals surface area contributed by atoms with Crippen molar-refractivity contribution in [3.05, 3.63) is 65.7 Å². The maximum atomic E-state index is 13.9. The van der Waals surface area contributed by atoms with Gasteiger partial charge >= 0.3 is 6.03 Å². The Morgan fingerprint density at radius 2 is 1.34 bits per heavy atom. The predicted molar refractivity (Wildman–Crippen MR) is 120 cm³/mol. The van der Waals surface area contributed by atoms with Crippen molar-refractivity contribution in [1.29, 1.82) is 0 Å². The third-order valence-corrected chi connectivity index (χ3v) is 7.28. The number of barbiturate groups is 1. The number of hydrogen-bond acceptors (Lipinski definition) is 5. The fraction of sp³-hybridized carbons (Fsp3) is 0.261. The fourth-order valence-corrected chi connectivity index (χ4v) is 5.85. The summed E-state index contributed by atoms with van der Waals surface area (Å²) in [6.07, 6.45) is 0. The Bertz CT molecular complexity index is 1210. The Morgan fingerprint density at radius 3 is 1.97 bits per heavy atom. The van der Waals surface area contributed by atoms with Crippen molar-refractivity contribution in [3.63, 3.8) is 0 Å². The number of nitrogens with one attached hydrogen (secondary N) is 1. The van der Waals surface area contributed by atoms with Gasteiger partial charge in [0.05, 0.1) is 5.92 Å². The second-order valence-corrected chi connectivity index (χ2v) is 8.71. The minimum absolute atomic E-state index is 0.0639. The van der Waals surface area contributed by atoms with Crippen LogP contribution in [0.2, 0.25) is 0 Å². The molecule has 0 bridgehead atoms. The number of fused-ring (bicyclic) bond motifs is 2. The van der Waals surface area contributed by atoms with Gasteiger partial charge in [-0.3, -0.25) is 24.2 Å². The second-order valence-electron chi connectivity index (χ2n) is 8.31. The molecule has 162 valence electrons. The second kappa shape index (κ2) is 6.46. The van der Waals surface area contributed by atoms with Gasteiger partial charge in [0.15, 0.2) is 11.0 Å². The number of amides is 5. The van der Waals surface area contributed by atoms with Gasteiger partial charge < -0.3 is 10.2 Å². The lowest BCUT2D eigenvalue weighted by Crippen LogP contribution is -2.66. The van der Waals surface area contributed by atoms with Gasteiger partial charge in [-0.2, -0.15) is 0 Å². The molecule has 8 nitrogen and oxygen atoms in total. The van der Waals surface area contributed by atoms with Crippen LogP contribution in [0.4, 0.5) is 10.5 Å². The summed E-state index contributed by atoms with van der Waals surface area (Å²) in [6, 6.07) is 15.4. The lowest BCUT2D eigenvalue weighted by molar-refractivity contribution is -0.153. The molecule has 3 aliphatic heterocycles. The first-order valence-corrected chi connectivity index (χ1v) is 10.5. The number of thiocarbonyl (C=S) groups is 1. The molecule has 1 N–H and O–H groups in total. The van der Waals surface area contributed by atoms with Crippen molar-refractivity contribution in [2.24, 2.45) is 5.41 Å². The molecule has 2 spiro atoms. The van der Waals surface area contributed by atoms with Gasteiger partial charge in [0, 0.05) is 32.4 Å². The number of carbonyl (C=O) groups is 4. The standard InChI is InChI=1S/C23H20N4O4S/c1-25-15-12-8-7-11-14(15)23(20(25)30)16(13-9-5-4-6-10-13)22(17(32)24-23)18(28)26(2)21(31)27(3)19(22)29/h4-12,16H,1-3H3,(H,24,32)/t16-,23-/m0/s1. The van der Waals surface area contributed by atoms with E-state index in [-0.39, 0.29) is 10.9 Å². The number of nitrogens with zero attached hydrogens (tertiary/aromatic N) is 3. The smallest absolute Gasteiger partial charge is 0.332 e. The SMILES string of the molecule is CN1C(=O)N(C)C(=O)C2(C1=O)C(=S)N[C@]1(C(=O)N(C)c3ccccc31)[C@H]2c1ccccc1. The third kappa shape index (κ3) is 2.09. The fourth-order valence-electron chi connectivity index (χ4n) is 5.40. The quantitative estimate of drug-likeness (QED) is 0.527. The third-order valence-electron chi connectivity index (χ3n) is 6.86. The molecule has 0 saturated carbocycles. The lowest BCUT2D eigenvalue weighted by Gasteiger charge is -2.43. The van der Waals surface area contributed by atoms with Crippen molar-refractivity contribution in [1.82, 2.24) is 15.1 Å². The zero-order chi connectivity index (χ0) is 23.0. The summed E-state index contributed by atoms with van der Waals surface area (Å²) in [7, 11) is 4.29. The molecule has 2 saturated heterocycles. The normalized spacial score (nSPS) is 26.4. The number of imide groups is 2. The molecule has 5 amide bonds. The highest BCUT2D eigenvalue weighted by molar-refractivity contribution is 7.80. The van der Waals surface area contributed by atoms with E-state index < -0.39 is 34.7 Å². The predicted octanol–water partition coefficient (Wildman–Crippen LogP) is 1.61. The number of benzene rings is 2. The number of anilines is 1. The van der Waals surface area contributed by atoms with Crippen LogP contribution in [0.1, 0.15) is 17.0 Å². The highest BCUT2D eigenvalue weighted by atomic mass is 32.1. The van der Waals surface area contributed by atoms with Crippen molar-refractivity contribution in [3.8, 4) is 0 Å². The Morgan fingerprint density at radius 1 is 0.781 bits per heavy atom. The van der Waals surface area contributed by atoms with E-state index in [1.807, 2.05) is 18.2 Å². The molecule has 2 aromatic carbocycles. The number of para-hydroxylation sites is 1. The van der Waals surface area contributed by atoms with E-state index in [9.17, 15) is 19.2 Å². The largest absolute Gasteiger partial charge is 0.360 e. The molecule has 0 radical (unpaired) electrons. The topological polar surface area (TPSA) is 90.0 Å². The molecule has 2 aromatic rings. The zero-order valence-corrected chi connectivity index (χ0v) is 18.5. The van der Waals surface area contributed by atoms with Gasteiger partial charge in [0.2, 0.25) is 0 Å². The molecule has 3 heterocycles. The van der Waals surface area contributed by atoms with Crippen LogP contribution in [0.25, 0.3) is 0 Å². The summed E-state index contributed by atoms with van der Waals surface area (Å²) in [5.41, 5.74) is -1.53. The van der Waals surface area contributed by atoms with Gasteiger partial charge in [0.1, 0.15) is 4.99 Å². The molecule has 0 aliphatic carbocycles. The molecule has 9 heteroatoms. The van der Waals surface area contributed by atoms with Crippen molar-refractivity contribution < 1.29 is 19.2 Å². The molecule has 2 atom stereocenters. The summed E-state index contributed by atoms with van der Waals surface area (Å²) in [4.78, 5) is 57.2. The van der Waals surface area contributed by atoms with Crippen LogP contribution in [-0.2, 0) is 19.9 Å². The molecule has 5 rings (SSSR count). The summed E-state index contributed by atoms with van der Waals surface area (Å²) < 4.78 is 0. The Labute approximate surface area is 189 Å². The van der Waals surface area contributed by atoms with Crippen molar-refractivity contribution in [2.75, 3.05) is 26.0 Å². The van der Waals surface area contributed by atoms with Crippen LogP contribution < -0.4 is 10.2 Å². The number of rotatable bonds is 1. The van der Waals surface area contributed by atoms with Gasteiger partial charge in [-0.15, -0.1) is 0 Å². The molecular weight excluding hydrogens is 428 g/mol. The van der Waals surface area contributed by atoms with E-state index in [4.69, 9.17) is 12.2 Å². The Balaban J connectivity index is 1.88. The van der Waals surface area contributed by atoms with Crippen molar-refractivity contribution >= 4 is 46.6 Å². The van der Waals surface area contributed by atoms with E-state index >= 15 is 0 Å². The minimum Gasteiger partial charge on any atom is -0.360 e. The van der Waals surface area contributed by atoms with Gasteiger partial charge in [-0.05, 0) is 11.6 Å². The first-order chi connectivity index (χ1) is 15.2. The maximum absolute atomic E-state index is 13.9. The summed E-state index contributed by atoms with van der Waals surface area (Å²) >= 11 is 5.67. The molecule has 0 unspecified atom stereocenters. The molecule has 3 aliphatic rings. The monoisotopic (exact) mass is 448 g/mol. The molecule has 0 aromatic heterocycles. The number of carbonyl (C=O) groups excluding carboxylic acids is 4. The number of urea groups is 1. The van der Waals surface area contributed by atoms with Gasteiger partial charge in [-0.1, -0.05) is 60.7 Å². The number of hydrogen-bond donors (Lipinski definition) is 1. The minimum atomic E-state index is -1.94. The highest BCUT2D eigenvalue weighted by Gasteiger charge is 2.76.